The number of thioether (sulfide) groups is 1. The zero-order valence-electron chi connectivity index (χ0n) is 9.84. The second-order valence-electron chi connectivity index (χ2n) is 5.08. The van der Waals surface area contributed by atoms with Crippen molar-refractivity contribution in [1.82, 2.24) is 5.32 Å². The first-order chi connectivity index (χ1) is 7.71. The smallest absolute Gasteiger partial charge is 0.240 e. The van der Waals surface area contributed by atoms with Crippen LogP contribution in [-0.4, -0.2) is 29.0 Å². The minimum absolute atomic E-state index is 0.101. The molecule has 0 radical (unpaired) electrons. The average Bonchev–Trinajstić information content (AvgIpc) is 2.31. The molecule has 0 unspecified atom stereocenters. The Morgan fingerprint density at radius 3 is 2.44 bits per heavy atom. The van der Waals surface area contributed by atoms with Gasteiger partial charge in [0.25, 0.3) is 0 Å². The van der Waals surface area contributed by atoms with Crippen LogP contribution in [0.25, 0.3) is 0 Å². The Bertz CT molecular complexity index is 245. The van der Waals surface area contributed by atoms with Gasteiger partial charge in [-0.1, -0.05) is 19.3 Å². The fraction of sp³-hybridized carbons (Fsp3) is 0.917. The lowest BCUT2D eigenvalue weighted by Crippen LogP contribution is -2.57. The van der Waals surface area contributed by atoms with Crippen LogP contribution < -0.4 is 11.1 Å². The van der Waals surface area contributed by atoms with Gasteiger partial charge in [-0.25, -0.2) is 0 Å². The third-order valence-corrected chi connectivity index (χ3v) is 4.80. The standard InChI is InChI=1S/C12H22N2OS/c13-12(6-2-1-3-7-12)11(15)14-10-4-8-16-9-5-10/h10H,1-9,13H2,(H,14,15). The van der Waals surface area contributed by atoms with Crippen molar-refractivity contribution >= 4 is 17.7 Å². The van der Waals surface area contributed by atoms with Gasteiger partial charge in [-0.2, -0.15) is 11.8 Å². The molecule has 0 aromatic heterocycles. The maximum absolute atomic E-state index is 12.1. The van der Waals surface area contributed by atoms with Crippen molar-refractivity contribution in [1.29, 1.82) is 0 Å². The van der Waals surface area contributed by atoms with Gasteiger partial charge in [0.1, 0.15) is 0 Å². The van der Waals surface area contributed by atoms with Crippen molar-refractivity contribution in [3.05, 3.63) is 0 Å². The molecule has 0 bridgehead atoms. The third kappa shape index (κ3) is 2.92. The number of rotatable bonds is 2. The van der Waals surface area contributed by atoms with Gasteiger partial charge in [0.2, 0.25) is 5.91 Å². The van der Waals surface area contributed by atoms with Crippen LogP contribution in [0.5, 0.6) is 0 Å². The van der Waals surface area contributed by atoms with Gasteiger partial charge >= 0.3 is 0 Å². The number of nitrogens with two attached hydrogens (primary N) is 1. The van der Waals surface area contributed by atoms with Crippen LogP contribution in [0.4, 0.5) is 0 Å². The Morgan fingerprint density at radius 1 is 1.19 bits per heavy atom. The van der Waals surface area contributed by atoms with Crippen LogP contribution in [0.2, 0.25) is 0 Å². The highest BCUT2D eigenvalue weighted by atomic mass is 32.2. The molecule has 2 fully saturated rings. The number of carbonyl (C=O) groups excluding carboxylic acids is 1. The topological polar surface area (TPSA) is 55.1 Å². The zero-order valence-corrected chi connectivity index (χ0v) is 10.7. The summed E-state index contributed by atoms with van der Waals surface area (Å²) in [7, 11) is 0. The summed E-state index contributed by atoms with van der Waals surface area (Å²) in [6, 6.07) is 0.371. The van der Waals surface area contributed by atoms with Gasteiger partial charge in [0.15, 0.2) is 0 Å². The van der Waals surface area contributed by atoms with E-state index in [4.69, 9.17) is 5.73 Å². The van der Waals surface area contributed by atoms with Crippen molar-refractivity contribution < 1.29 is 4.79 Å². The molecule has 1 heterocycles. The SMILES string of the molecule is NC1(C(=O)NC2CCSCC2)CCCCC1. The van der Waals surface area contributed by atoms with E-state index in [2.05, 4.69) is 5.32 Å². The summed E-state index contributed by atoms with van der Waals surface area (Å²) >= 11 is 1.98. The van der Waals surface area contributed by atoms with E-state index < -0.39 is 5.54 Å². The highest BCUT2D eigenvalue weighted by molar-refractivity contribution is 7.99. The highest BCUT2D eigenvalue weighted by Gasteiger charge is 2.36. The molecule has 0 spiro atoms. The molecule has 2 aliphatic rings. The average molecular weight is 242 g/mol. The zero-order chi connectivity index (χ0) is 11.4. The van der Waals surface area contributed by atoms with E-state index in [1.807, 2.05) is 11.8 Å². The second kappa shape index (κ2) is 5.41. The normalized spacial score (nSPS) is 26.3. The number of hydrogen-bond acceptors (Lipinski definition) is 3. The predicted octanol–water partition coefficient (Wildman–Crippen LogP) is 1.66. The maximum atomic E-state index is 12.1. The molecular formula is C12H22N2OS. The van der Waals surface area contributed by atoms with Crippen LogP contribution in [-0.2, 0) is 4.79 Å². The molecule has 2 rings (SSSR count). The monoisotopic (exact) mass is 242 g/mol. The van der Waals surface area contributed by atoms with E-state index in [1.54, 1.807) is 0 Å². The predicted molar refractivity (Wildman–Crippen MR) is 68.5 cm³/mol. The van der Waals surface area contributed by atoms with Crippen molar-refractivity contribution in [2.24, 2.45) is 5.73 Å². The number of hydrogen-bond donors (Lipinski definition) is 2. The summed E-state index contributed by atoms with van der Waals surface area (Å²) in [6.07, 6.45) is 7.36. The van der Waals surface area contributed by atoms with Gasteiger partial charge in [-0.3, -0.25) is 4.79 Å². The van der Waals surface area contributed by atoms with Crippen molar-refractivity contribution in [2.75, 3.05) is 11.5 Å². The number of nitrogens with one attached hydrogen (secondary N) is 1. The first kappa shape index (κ1) is 12.2. The lowest BCUT2D eigenvalue weighted by molar-refractivity contribution is -0.128. The van der Waals surface area contributed by atoms with Crippen molar-refractivity contribution in [2.45, 2.75) is 56.5 Å². The van der Waals surface area contributed by atoms with Crippen LogP contribution in [0.3, 0.4) is 0 Å². The van der Waals surface area contributed by atoms with E-state index in [1.165, 1.54) is 17.9 Å². The van der Waals surface area contributed by atoms with E-state index >= 15 is 0 Å². The maximum Gasteiger partial charge on any atom is 0.240 e. The Hall–Kier alpha value is -0.220. The summed E-state index contributed by atoms with van der Waals surface area (Å²) in [5.74, 6) is 2.44. The molecule has 1 aliphatic carbocycles. The third-order valence-electron chi connectivity index (χ3n) is 3.75. The van der Waals surface area contributed by atoms with Gasteiger partial charge in [0.05, 0.1) is 5.54 Å². The van der Waals surface area contributed by atoms with Gasteiger partial charge in [-0.15, -0.1) is 0 Å². The second-order valence-corrected chi connectivity index (χ2v) is 6.30. The molecule has 1 saturated carbocycles. The Kier molecular flexibility index (Phi) is 4.14. The molecule has 1 saturated heterocycles. The lowest BCUT2D eigenvalue weighted by atomic mass is 9.81. The minimum atomic E-state index is -0.567. The molecule has 16 heavy (non-hydrogen) atoms. The molecule has 3 N–H and O–H groups in total. The lowest BCUT2D eigenvalue weighted by Gasteiger charge is -2.34. The molecule has 0 atom stereocenters. The van der Waals surface area contributed by atoms with E-state index in [0.717, 1.165) is 38.5 Å². The van der Waals surface area contributed by atoms with Crippen molar-refractivity contribution in [3.8, 4) is 0 Å². The van der Waals surface area contributed by atoms with Gasteiger partial charge in [-0.05, 0) is 37.2 Å². The van der Waals surface area contributed by atoms with E-state index in [9.17, 15) is 4.79 Å². The number of amides is 1. The van der Waals surface area contributed by atoms with Gasteiger partial charge < -0.3 is 11.1 Å². The van der Waals surface area contributed by atoms with E-state index in [0.29, 0.717) is 6.04 Å². The van der Waals surface area contributed by atoms with Crippen molar-refractivity contribution in [3.63, 3.8) is 0 Å². The Labute approximate surface area is 102 Å². The molecule has 0 aromatic carbocycles. The fourth-order valence-electron chi connectivity index (χ4n) is 2.58. The van der Waals surface area contributed by atoms with Crippen LogP contribution in [0.15, 0.2) is 0 Å². The van der Waals surface area contributed by atoms with E-state index in [-0.39, 0.29) is 5.91 Å². The largest absolute Gasteiger partial charge is 0.352 e. The number of carbonyl (C=O) groups is 1. The molecular weight excluding hydrogens is 220 g/mol. The summed E-state index contributed by atoms with van der Waals surface area (Å²) in [5, 5.41) is 3.15. The molecule has 0 aromatic rings. The summed E-state index contributed by atoms with van der Waals surface area (Å²) in [5.41, 5.74) is 5.64. The van der Waals surface area contributed by atoms with Crippen LogP contribution in [0.1, 0.15) is 44.9 Å². The Morgan fingerprint density at radius 2 is 1.81 bits per heavy atom. The van der Waals surface area contributed by atoms with Crippen LogP contribution >= 0.6 is 11.8 Å². The first-order valence-corrected chi connectivity index (χ1v) is 7.54. The molecule has 1 aliphatic heterocycles. The minimum Gasteiger partial charge on any atom is -0.352 e. The summed E-state index contributed by atoms with van der Waals surface area (Å²) in [6.45, 7) is 0. The molecule has 1 amide bonds. The summed E-state index contributed by atoms with van der Waals surface area (Å²) < 4.78 is 0. The molecule has 4 heteroatoms. The Balaban J connectivity index is 1.85. The fourth-order valence-corrected chi connectivity index (χ4v) is 3.69. The molecule has 92 valence electrons. The highest BCUT2D eigenvalue weighted by Crippen LogP contribution is 2.26. The first-order valence-electron chi connectivity index (χ1n) is 6.38. The van der Waals surface area contributed by atoms with Gasteiger partial charge in [0, 0.05) is 6.04 Å². The van der Waals surface area contributed by atoms with Crippen LogP contribution in [0, 0.1) is 0 Å². The quantitative estimate of drug-likeness (QED) is 0.774. The summed E-state index contributed by atoms with van der Waals surface area (Å²) in [4.78, 5) is 12.1. The molecule has 3 nitrogen and oxygen atoms in total.